The minimum absolute atomic E-state index is 0.148. The Labute approximate surface area is 212 Å². The number of aliphatic hydroxyl groups is 1. The first-order valence-corrected chi connectivity index (χ1v) is 13.4. The maximum atomic E-state index is 13.8. The second-order valence-corrected chi connectivity index (χ2v) is 10.6. The topological polar surface area (TPSA) is 83.0 Å². The number of morpholine rings is 1. The van der Waals surface area contributed by atoms with Gasteiger partial charge in [0, 0.05) is 36.6 Å². The number of amides is 1. The fourth-order valence-corrected chi connectivity index (χ4v) is 6.45. The molecule has 35 heavy (non-hydrogen) atoms. The van der Waals surface area contributed by atoms with Gasteiger partial charge in [0.2, 0.25) is 5.78 Å². The van der Waals surface area contributed by atoms with Crippen LogP contribution in [-0.2, 0) is 9.53 Å². The van der Waals surface area contributed by atoms with Crippen LogP contribution in [0.2, 0.25) is 0 Å². The highest BCUT2D eigenvalue weighted by Crippen LogP contribution is 2.42. The van der Waals surface area contributed by atoms with E-state index in [1.54, 1.807) is 11.8 Å². The molecule has 1 amide bonds. The zero-order valence-electron chi connectivity index (χ0n) is 19.5. The van der Waals surface area contributed by atoms with Crippen molar-refractivity contribution in [3.05, 3.63) is 74.6 Å². The van der Waals surface area contributed by atoms with E-state index < -0.39 is 17.7 Å². The number of thiazole rings is 1. The Balaban J connectivity index is 1.41. The maximum absolute atomic E-state index is 13.8. The number of aliphatic hydroxyl groups excluding tert-OH is 1. The van der Waals surface area contributed by atoms with Crippen LogP contribution in [0.4, 0.5) is 0 Å². The minimum Gasteiger partial charge on any atom is -0.503 e. The first-order valence-electron chi connectivity index (χ1n) is 11.7. The van der Waals surface area contributed by atoms with E-state index in [0.717, 1.165) is 54.7 Å². The van der Waals surface area contributed by atoms with Gasteiger partial charge in [0.05, 0.1) is 35.4 Å². The molecule has 182 valence electrons. The fourth-order valence-electron chi connectivity index (χ4n) is 4.58. The first kappa shape index (κ1) is 23.9. The zero-order valence-corrected chi connectivity index (χ0v) is 21.1. The molecule has 2 aromatic heterocycles. The smallest absolute Gasteiger partial charge is 0.290 e. The van der Waals surface area contributed by atoms with E-state index in [9.17, 15) is 14.7 Å². The average molecular weight is 510 g/mol. The molecule has 1 aromatic carbocycles. The molecule has 4 heterocycles. The number of benzene rings is 1. The number of hydrogen-bond donors (Lipinski definition) is 1. The van der Waals surface area contributed by atoms with Gasteiger partial charge in [-0.3, -0.25) is 14.5 Å². The highest BCUT2D eigenvalue weighted by atomic mass is 32.1. The standard InChI is InChI=1S/C26H27N3O4S2/c1-17-24(35-25(27-17)18-7-3-2-4-8-18)22(30)20-21(19-9-5-16-34-19)29(26(32)23(20)31)11-6-10-28-12-14-33-15-13-28/h2-5,7-9,16,21,31H,6,10-15H2,1H3. The summed E-state index contributed by atoms with van der Waals surface area (Å²) in [6.07, 6.45) is 0.750. The molecule has 5 rings (SSSR count). The van der Waals surface area contributed by atoms with Crippen LogP contribution in [-0.4, -0.2) is 71.0 Å². The lowest BCUT2D eigenvalue weighted by molar-refractivity contribution is -0.129. The zero-order chi connectivity index (χ0) is 24.4. The van der Waals surface area contributed by atoms with E-state index in [0.29, 0.717) is 17.1 Å². The van der Waals surface area contributed by atoms with E-state index in [4.69, 9.17) is 4.74 Å². The van der Waals surface area contributed by atoms with E-state index >= 15 is 0 Å². The molecule has 1 unspecified atom stereocenters. The van der Waals surface area contributed by atoms with Crippen molar-refractivity contribution in [3.8, 4) is 10.6 Å². The summed E-state index contributed by atoms with van der Waals surface area (Å²) < 4.78 is 5.41. The number of aromatic nitrogens is 1. The molecular formula is C26H27N3O4S2. The van der Waals surface area contributed by atoms with Crippen LogP contribution in [0.25, 0.3) is 10.6 Å². The summed E-state index contributed by atoms with van der Waals surface area (Å²) in [5.74, 6) is -1.27. The SMILES string of the molecule is Cc1nc(-c2ccccc2)sc1C(=O)C1=C(O)C(=O)N(CCCN2CCOCC2)C1c1cccs1. The number of rotatable bonds is 8. The molecular weight excluding hydrogens is 482 g/mol. The van der Waals surface area contributed by atoms with Crippen molar-refractivity contribution in [1.82, 2.24) is 14.8 Å². The molecule has 1 N–H and O–H groups in total. The highest BCUT2D eigenvalue weighted by Gasteiger charge is 2.44. The van der Waals surface area contributed by atoms with Crippen molar-refractivity contribution in [1.29, 1.82) is 0 Å². The summed E-state index contributed by atoms with van der Waals surface area (Å²) in [5, 5.41) is 13.6. The summed E-state index contributed by atoms with van der Waals surface area (Å²) >= 11 is 2.78. The number of carbonyl (C=O) groups is 2. The molecule has 0 saturated carbocycles. The third kappa shape index (κ3) is 4.81. The largest absolute Gasteiger partial charge is 0.503 e. The second-order valence-electron chi connectivity index (χ2n) is 8.62. The van der Waals surface area contributed by atoms with Crippen LogP contribution in [0.1, 0.15) is 32.7 Å². The molecule has 2 aliphatic heterocycles. The quantitative estimate of drug-likeness (QED) is 0.451. The van der Waals surface area contributed by atoms with Gasteiger partial charge >= 0.3 is 0 Å². The van der Waals surface area contributed by atoms with Crippen molar-refractivity contribution >= 4 is 34.4 Å². The summed E-state index contributed by atoms with van der Waals surface area (Å²) in [4.78, 5) is 36.9. The normalized spacial score (nSPS) is 19.1. The third-order valence-electron chi connectivity index (χ3n) is 6.36. The lowest BCUT2D eigenvalue weighted by Gasteiger charge is -2.29. The Hall–Kier alpha value is -2.85. The van der Waals surface area contributed by atoms with Crippen LogP contribution in [0.3, 0.4) is 0 Å². The van der Waals surface area contributed by atoms with Gasteiger partial charge in [0.15, 0.2) is 5.76 Å². The summed E-state index contributed by atoms with van der Waals surface area (Å²) in [6.45, 7) is 6.29. The highest BCUT2D eigenvalue weighted by molar-refractivity contribution is 7.17. The molecule has 9 heteroatoms. The monoisotopic (exact) mass is 509 g/mol. The van der Waals surface area contributed by atoms with Gasteiger partial charge in [-0.15, -0.1) is 22.7 Å². The van der Waals surface area contributed by atoms with Crippen molar-refractivity contribution in [2.45, 2.75) is 19.4 Å². The number of nitrogens with zero attached hydrogens (tertiary/aromatic N) is 3. The average Bonchev–Trinajstić information content (AvgIpc) is 3.60. The van der Waals surface area contributed by atoms with Crippen LogP contribution < -0.4 is 0 Å². The Morgan fingerprint density at radius 2 is 1.91 bits per heavy atom. The fraction of sp³-hybridized carbons (Fsp3) is 0.346. The summed E-state index contributed by atoms with van der Waals surface area (Å²) in [5.41, 5.74) is 1.68. The van der Waals surface area contributed by atoms with Gasteiger partial charge in [-0.25, -0.2) is 4.98 Å². The lowest BCUT2D eigenvalue weighted by atomic mass is 10.00. The molecule has 7 nitrogen and oxygen atoms in total. The van der Waals surface area contributed by atoms with Gasteiger partial charge in [-0.05, 0) is 24.8 Å². The van der Waals surface area contributed by atoms with Gasteiger partial charge in [0.25, 0.3) is 5.91 Å². The molecule has 0 bridgehead atoms. The number of aryl methyl sites for hydroxylation is 1. The van der Waals surface area contributed by atoms with E-state index in [2.05, 4.69) is 9.88 Å². The van der Waals surface area contributed by atoms with Crippen molar-refractivity contribution in [3.63, 3.8) is 0 Å². The predicted octanol–water partition coefficient (Wildman–Crippen LogP) is 4.48. The Kier molecular flexibility index (Phi) is 7.10. The number of hydrogen-bond acceptors (Lipinski definition) is 8. The van der Waals surface area contributed by atoms with E-state index in [1.807, 2.05) is 47.8 Å². The number of Topliss-reactive ketones (excluding diaryl/α,β-unsaturated/α-hetero) is 1. The number of thiophene rings is 1. The lowest BCUT2D eigenvalue weighted by Crippen LogP contribution is -2.39. The molecule has 1 fully saturated rings. The van der Waals surface area contributed by atoms with Crippen LogP contribution in [0.5, 0.6) is 0 Å². The van der Waals surface area contributed by atoms with Gasteiger partial charge in [-0.2, -0.15) is 0 Å². The van der Waals surface area contributed by atoms with Crippen molar-refractivity contribution < 1.29 is 19.4 Å². The van der Waals surface area contributed by atoms with Crippen LogP contribution in [0.15, 0.2) is 59.2 Å². The molecule has 0 radical (unpaired) electrons. The number of ketones is 1. The molecule has 0 spiro atoms. The molecule has 2 aliphatic rings. The van der Waals surface area contributed by atoms with Gasteiger partial charge < -0.3 is 14.7 Å². The number of carbonyl (C=O) groups excluding carboxylic acids is 2. The molecule has 1 saturated heterocycles. The summed E-state index contributed by atoms with van der Waals surface area (Å²) in [7, 11) is 0. The van der Waals surface area contributed by atoms with Crippen molar-refractivity contribution in [2.75, 3.05) is 39.4 Å². The van der Waals surface area contributed by atoms with Crippen LogP contribution >= 0.6 is 22.7 Å². The third-order valence-corrected chi connectivity index (χ3v) is 8.49. The van der Waals surface area contributed by atoms with Crippen molar-refractivity contribution in [2.24, 2.45) is 0 Å². The summed E-state index contributed by atoms with van der Waals surface area (Å²) in [6, 6.07) is 12.9. The number of ether oxygens (including phenoxy) is 1. The Bertz CT molecular complexity index is 1230. The predicted molar refractivity (Wildman–Crippen MR) is 137 cm³/mol. The Morgan fingerprint density at radius 1 is 1.14 bits per heavy atom. The van der Waals surface area contributed by atoms with E-state index in [-0.39, 0.29) is 11.4 Å². The maximum Gasteiger partial charge on any atom is 0.290 e. The Morgan fingerprint density at radius 3 is 2.63 bits per heavy atom. The van der Waals surface area contributed by atoms with Crippen LogP contribution in [0, 0.1) is 6.92 Å². The van der Waals surface area contributed by atoms with Gasteiger partial charge in [-0.1, -0.05) is 36.4 Å². The molecule has 3 aromatic rings. The first-order chi connectivity index (χ1) is 17.0. The molecule has 0 aliphatic carbocycles. The van der Waals surface area contributed by atoms with Gasteiger partial charge in [0.1, 0.15) is 5.01 Å². The minimum atomic E-state index is -0.596. The molecule has 1 atom stereocenters. The second kappa shape index (κ2) is 10.4. The van der Waals surface area contributed by atoms with E-state index in [1.165, 1.54) is 22.7 Å².